The summed E-state index contributed by atoms with van der Waals surface area (Å²) in [5, 5.41) is 2.69. The highest BCUT2D eigenvalue weighted by atomic mass is 19.1. The molecule has 0 spiro atoms. The van der Waals surface area contributed by atoms with Crippen molar-refractivity contribution in [2.75, 3.05) is 26.2 Å². The van der Waals surface area contributed by atoms with Crippen LogP contribution in [0.25, 0.3) is 0 Å². The van der Waals surface area contributed by atoms with E-state index in [0.717, 1.165) is 12.0 Å². The van der Waals surface area contributed by atoms with Crippen molar-refractivity contribution < 1.29 is 18.7 Å². The average molecular weight is 371 g/mol. The smallest absolute Gasteiger partial charge is 0.257 e. The first-order valence-electron chi connectivity index (χ1n) is 8.89. The van der Waals surface area contributed by atoms with Crippen molar-refractivity contribution in [1.29, 1.82) is 0 Å². The number of nitrogens with two attached hydrogens (primary N) is 1. The third kappa shape index (κ3) is 4.83. The molecular weight excluding hydrogens is 349 g/mol. The Bertz CT molecular complexity index is 824. The summed E-state index contributed by atoms with van der Waals surface area (Å²) >= 11 is 0. The van der Waals surface area contributed by atoms with Crippen molar-refractivity contribution in [2.24, 2.45) is 5.73 Å². The highest BCUT2D eigenvalue weighted by Gasteiger charge is 2.22. The van der Waals surface area contributed by atoms with Gasteiger partial charge in [0.05, 0.1) is 5.56 Å². The van der Waals surface area contributed by atoms with Gasteiger partial charge in [0.25, 0.3) is 5.91 Å². The van der Waals surface area contributed by atoms with Crippen molar-refractivity contribution >= 4 is 11.8 Å². The Morgan fingerprint density at radius 3 is 2.63 bits per heavy atom. The van der Waals surface area contributed by atoms with Crippen molar-refractivity contribution in [1.82, 2.24) is 10.2 Å². The molecule has 0 radical (unpaired) electrons. The Morgan fingerprint density at radius 1 is 1.15 bits per heavy atom. The maximum Gasteiger partial charge on any atom is 0.257 e. The SMILES string of the molecule is NCCc1ccc(Oc2ccc(F)c(C(=O)N3CCNC(=O)CC3)c2)cc1. The number of hydrogen-bond acceptors (Lipinski definition) is 4. The van der Waals surface area contributed by atoms with Gasteiger partial charge in [-0.05, 0) is 48.9 Å². The molecule has 1 heterocycles. The van der Waals surface area contributed by atoms with Crippen LogP contribution in [-0.4, -0.2) is 42.9 Å². The van der Waals surface area contributed by atoms with Gasteiger partial charge in [-0.1, -0.05) is 12.1 Å². The number of amides is 2. The second kappa shape index (κ2) is 8.64. The molecule has 2 amide bonds. The van der Waals surface area contributed by atoms with Crippen LogP contribution in [0.2, 0.25) is 0 Å². The zero-order valence-corrected chi connectivity index (χ0v) is 14.9. The van der Waals surface area contributed by atoms with Crippen LogP contribution >= 0.6 is 0 Å². The van der Waals surface area contributed by atoms with E-state index in [1.807, 2.05) is 24.3 Å². The number of rotatable bonds is 5. The number of benzene rings is 2. The van der Waals surface area contributed by atoms with Crippen LogP contribution in [0.1, 0.15) is 22.3 Å². The minimum atomic E-state index is -0.617. The van der Waals surface area contributed by atoms with E-state index in [2.05, 4.69) is 5.32 Å². The average Bonchev–Trinajstić information content (AvgIpc) is 2.89. The quantitative estimate of drug-likeness (QED) is 0.843. The molecule has 142 valence electrons. The van der Waals surface area contributed by atoms with Gasteiger partial charge in [-0.3, -0.25) is 9.59 Å². The van der Waals surface area contributed by atoms with Crippen LogP contribution < -0.4 is 15.8 Å². The van der Waals surface area contributed by atoms with E-state index in [1.54, 1.807) is 0 Å². The number of hydrogen-bond donors (Lipinski definition) is 2. The van der Waals surface area contributed by atoms with Gasteiger partial charge in [0.15, 0.2) is 0 Å². The number of carbonyl (C=O) groups is 2. The Morgan fingerprint density at radius 2 is 1.89 bits per heavy atom. The lowest BCUT2D eigenvalue weighted by atomic mass is 10.1. The van der Waals surface area contributed by atoms with E-state index in [9.17, 15) is 14.0 Å². The number of halogens is 1. The lowest BCUT2D eigenvalue weighted by molar-refractivity contribution is -0.120. The van der Waals surface area contributed by atoms with Crippen LogP contribution in [0.5, 0.6) is 11.5 Å². The van der Waals surface area contributed by atoms with E-state index in [-0.39, 0.29) is 24.4 Å². The molecule has 2 aromatic rings. The van der Waals surface area contributed by atoms with Crippen LogP contribution in [0, 0.1) is 5.82 Å². The molecule has 0 bridgehead atoms. The molecule has 6 nitrogen and oxygen atoms in total. The molecule has 3 rings (SSSR count). The monoisotopic (exact) mass is 371 g/mol. The fraction of sp³-hybridized carbons (Fsp3) is 0.300. The molecule has 0 saturated carbocycles. The Labute approximate surface area is 157 Å². The minimum absolute atomic E-state index is 0.0680. The number of ether oxygens (including phenoxy) is 1. The summed E-state index contributed by atoms with van der Waals surface area (Å²) in [6.07, 6.45) is 0.987. The zero-order chi connectivity index (χ0) is 19.2. The van der Waals surface area contributed by atoms with Crippen LogP contribution in [0.3, 0.4) is 0 Å². The third-order valence-corrected chi connectivity index (χ3v) is 4.36. The highest BCUT2D eigenvalue weighted by molar-refractivity contribution is 5.95. The summed E-state index contributed by atoms with van der Waals surface area (Å²) in [7, 11) is 0. The van der Waals surface area contributed by atoms with Crippen LogP contribution in [0.15, 0.2) is 42.5 Å². The summed E-state index contributed by atoms with van der Waals surface area (Å²) in [4.78, 5) is 25.6. The molecule has 3 N–H and O–H groups in total. The van der Waals surface area contributed by atoms with Gasteiger partial charge in [-0.15, -0.1) is 0 Å². The molecule has 1 fully saturated rings. The number of carbonyl (C=O) groups excluding carboxylic acids is 2. The predicted octanol–water partition coefficient (Wildman–Crippen LogP) is 2.08. The fourth-order valence-corrected chi connectivity index (χ4v) is 2.90. The van der Waals surface area contributed by atoms with Gasteiger partial charge >= 0.3 is 0 Å². The first-order chi connectivity index (χ1) is 13.1. The van der Waals surface area contributed by atoms with E-state index < -0.39 is 11.7 Å². The second-order valence-corrected chi connectivity index (χ2v) is 6.32. The molecule has 1 aliphatic rings. The topological polar surface area (TPSA) is 84.7 Å². The molecule has 0 unspecified atom stereocenters. The molecule has 1 saturated heterocycles. The van der Waals surface area contributed by atoms with E-state index in [0.29, 0.717) is 31.1 Å². The van der Waals surface area contributed by atoms with Crippen LogP contribution in [0.4, 0.5) is 4.39 Å². The minimum Gasteiger partial charge on any atom is -0.457 e. The van der Waals surface area contributed by atoms with E-state index >= 15 is 0 Å². The van der Waals surface area contributed by atoms with Crippen LogP contribution in [-0.2, 0) is 11.2 Å². The van der Waals surface area contributed by atoms with Gasteiger partial charge < -0.3 is 20.7 Å². The zero-order valence-electron chi connectivity index (χ0n) is 14.9. The maximum atomic E-state index is 14.2. The van der Waals surface area contributed by atoms with Crippen molar-refractivity contribution in [2.45, 2.75) is 12.8 Å². The predicted molar refractivity (Wildman–Crippen MR) is 99.2 cm³/mol. The number of nitrogens with zero attached hydrogens (tertiary/aromatic N) is 1. The van der Waals surface area contributed by atoms with Gasteiger partial charge in [0, 0.05) is 26.1 Å². The molecule has 7 heteroatoms. The summed E-state index contributed by atoms with van der Waals surface area (Å²) in [6.45, 7) is 1.54. The normalized spacial score (nSPS) is 14.4. The highest BCUT2D eigenvalue weighted by Crippen LogP contribution is 2.25. The molecule has 0 aromatic heterocycles. The first-order valence-corrected chi connectivity index (χ1v) is 8.89. The van der Waals surface area contributed by atoms with Crippen molar-refractivity contribution in [3.63, 3.8) is 0 Å². The van der Waals surface area contributed by atoms with Gasteiger partial charge in [0.1, 0.15) is 17.3 Å². The van der Waals surface area contributed by atoms with E-state index in [1.165, 1.54) is 23.1 Å². The van der Waals surface area contributed by atoms with E-state index in [4.69, 9.17) is 10.5 Å². The molecular formula is C20H22FN3O3. The van der Waals surface area contributed by atoms with Gasteiger partial charge in [-0.25, -0.2) is 4.39 Å². The summed E-state index contributed by atoms with van der Waals surface area (Å²) in [5.41, 5.74) is 6.57. The Balaban J connectivity index is 1.75. The summed E-state index contributed by atoms with van der Waals surface area (Å²) < 4.78 is 20.0. The van der Waals surface area contributed by atoms with Gasteiger partial charge in [-0.2, -0.15) is 0 Å². The maximum absolute atomic E-state index is 14.2. The first kappa shape index (κ1) is 18.8. The lowest BCUT2D eigenvalue weighted by Crippen LogP contribution is -2.34. The molecule has 2 aromatic carbocycles. The molecule has 27 heavy (non-hydrogen) atoms. The van der Waals surface area contributed by atoms with Gasteiger partial charge in [0.2, 0.25) is 5.91 Å². The number of nitrogens with one attached hydrogen (secondary N) is 1. The van der Waals surface area contributed by atoms with Crippen molar-refractivity contribution in [3.05, 3.63) is 59.4 Å². The standard InChI is InChI=1S/C20H22FN3O3/c21-18-6-5-16(27-15-3-1-14(2-4-15)7-9-22)13-17(18)20(26)24-11-8-19(25)23-10-12-24/h1-6,13H,7-12,22H2,(H,23,25). The molecule has 0 atom stereocenters. The molecule has 1 aliphatic heterocycles. The largest absolute Gasteiger partial charge is 0.457 e. The molecule has 0 aliphatic carbocycles. The third-order valence-electron chi connectivity index (χ3n) is 4.36. The summed E-state index contributed by atoms with van der Waals surface area (Å²) in [6, 6.07) is 11.5. The van der Waals surface area contributed by atoms with Crippen molar-refractivity contribution in [3.8, 4) is 11.5 Å². The summed E-state index contributed by atoms with van der Waals surface area (Å²) in [5.74, 6) is -0.219. The fourth-order valence-electron chi connectivity index (χ4n) is 2.90. The Hall–Kier alpha value is -2.93. The Kier molecular flexibility index (Phi) is 6.03. The lowest BCUT2D eigenvalue weighted by Gasteiger charge is -2.20. The second-order valence-electron chi connectivity index (χ2n) is 6.32.